The van der Waals surface area contributed by atoms with E-state index in [-0.39, 0.29) is 22.3 Å². The molecular weight excluding hydrogens is 923 g/mol. The quantitative estimate of drug-likeness (QED) is 0.156. The van der Waals surface area contributed by atoms with Gasteiger partial charge in [-0.05, 0) is 130 Å². The highest BCUT2D eigenvalue weighted by Gasteiger charge is 2.56. The summed E-state index contributed by atoms with van der Waals surface area (Å²) in [6.45, 7) is 25.9. The lowest BCUT2D eigenvalue weighted by molar-refractivity contribution is 0.141. The topological polar surface area (TPSA) is 46.8 Å². The van der Waals surface area contributed by atoms with E-state index in [0.29, 0.717) is 23.7 Å². The molecule has 0 aliphatic heterocycles. The minimum absolute atomic E-state index is 0.0382. The van der Waals surface area contributed by atoms with Gasteiger partial charge in [-0.1, -0.05) is 214 Å². The van der Waals surface area contributed by atoms with Crippen molar-refractivity contribution < 1.29 is 0 Å². The minimum atomic E-state index is -0.578. The number of nitrogens with zero attached hydrogens (tertiary/aromatic N) is 5. The van der Waals surface area contributed by atoms with Crippen molar-refractivity contribution in [1.29, 1.82) is 0 Å². The summed E-state index contributed by atoms with van der Waals surface area (Å²) in [5.74, 6) is 3.65. The molecule has 4 aromatic carbocycles. The molecule has 5 heteroatoms. The minimum Gasteiger partial charge on any atom is -0.356 e. The molecule has 0 fully saturated rings. The molecule has 384 valence electrons. The number of fused-ring (bicyclic) bond motifs is 13. The van der Waals surface area contributed by atoms with Crippen LogP contribution in [0.4, 0.5) is 5.69 Å². The zero-order valence-corrected chi connectivity index (χ0v) is 46.7. The van der Waals surface area contributed by atoms with Crippen molar-refractivity contribution in [2.45, 2.75) is 136 Å². The summed E-state index contributed by atoms with van der Waals surface area (Å²) in [5.41, 5.74) is 16.7. The van der Waals surface area contributed by atoms with Gasteiger partial charge in [0.05, 0.1) is 28.4 Å². The second-order valence-electron chi connectivity index (χ2n) is 26.6. The van der Waals surface area contributed by atoms with Crippen molar-refractivity contribution in [2.24, 2.45) is 28.6 Å². The van der Waals surface area contributed by atoms with Gasteiger partial charge in [0.15, 0.2) is 5.82 Å². The van der Waals surface area contributed by atoms with Crippen LogP contribution in [0.2, 0.25) is 0 Å². The van der Waals surface area contributed by atoms with E-state index in [1.54, 1.807) is 0 Å². The highest BCUT2D eigenvalue weighted by Crippen LogP contribution is 2.65. The molecule has 1 spiro atoms. The van der Waals surface area contributed by atoms with Crippen LogP contribution in [-0.4, -0.2) is 31.1 Å². The van der Waals surface area contributed by atoms with Crippen LogP contribution in [0.5, 0.6) is 0 Å². The summed E-state index contributed by atoms with van der Waals surface area (Å²) in [6.07, 6.45) is 33.8. The predicted octanol–water partition coefficient (Wildman–Crippen LogP) is 16.9. The SMILES string of the molecule is CC1C=CC(c2nc(-n3c4c(c5c3-c3ccccc3C53c5ccccc5-c5ccccc53)CC(C)(N(c3ccc(C(C)(C)C)cc3)C3C=CC(C(C)(C)C)=CC3)C=C4)nc(C3(C)C=CC4C=CC(C)CC4(C)C3)n2)=CC1. The van der Waals surface area contributed by atoms with Gasteiger partial charge in [0.25, 0.3) is 0 Å². The van der Waals surface area contributed by atoms with Gasteiger partial charge in [0.1, 0.15) is 5.82 Å². The summed E-state index contributed by atoms with van der Waals surface area (Å²) in [6, 6.07) is 37.3. The van der Waals surface area contributed by atoms with Crippen molar-refractivity contribution in [3.8, 4) is 28.3 Å². The maximum Gasteiger partial charge on any atom is 0.238 e. The van der Waals surface area contributed by atoms with Crippen molar-refractivity contribution in [2.75, 3.05) is 4.90 Å². The van der Waals surface area contributed by atoms with Gasteiger partial charge < -0.3 is 4.90 Å². The fourth-order valence-electron chi connectivity index (χ4n) is 15.1. The first-order valence-corrected chi connectivity index (χ1v) is 28.4. The number of benzene rings is 4. The third kappa shape index (κ3) is 7.41. The molecule has 0 saturated carbocycles. The molecule has 2 aromatic heterocycles. The highest BCUT2D eigenvalue weighted by atomic mass is 15.2. The third-order valence-corrected chi connectivity index (χ3v) is 18.8. The lowest BCUT2D eigenvalue weighted by Gasteiger charge is -2.48. The number of allylic oxidation sites excluding steroid dienone is 10. The van der Waals surface area contributed by atoms with E-state index in [0.717, 1.165) is 55.0 Å². The molecule has 76 heavy (non-hydrogen) atoms. The van der Waals surface area contributed by atoms with Gasteiger partial charge in [0.2, 0.25) is 5.95 Å². The lowest BCUT2D eigenvalue weighted by Crippen LogP contribution is -2.53. The molecule has 0 amide bonds. The largest absolute Gasteiger partial charge is 0.356 e. The number of anilines is 1. The highest BCUT2D eigenvalue weighted by molar-refractivity contribution is 5.97. The Labute approximate surface area is 452 Å². The van der Waals surface area contributed by atoms with E-state index in [2.05, 4.69) is 256 Å². The molecule has 2 heterocycles. The van der Waals surface area contributed by atoms with Crippen molar-refractivity contribution in [3.63, 3.8) is 0 Å². The summed E-state index contributed by atoms with van der Waals surface area (Å²) < 4.78 is 2.48. The average molecular weight is 998 g/mol. The van der Waals surface area contributed by atoms with Crippen LogP contribution in [-0.2, 0) is 22.7 Å². The summed E-state index contributed by atoms with van der Waals surface area (Å²) >= 11 is 0. The molecule has 7 aliphatic rings. The van der Waals surface area contributed by atoms with E-state index >= 15 is 0 Å². The van der Waals surface area contributed by atoms with Crippen LogP contribution in [0.3, 0.4) is 0 Å². The summed E-state index contributed by atoms with van der Waals surface area (Å²) in [7, 11) is 0. The van der Waals surface area contributed by atoms with Crippen LogP contribution in [0.1, 0.15) is 153 Å². The van der Waals surface area contributed by atoms with Crippen LogP contribution in [0, 0.1) is 28.6 Å². The molecule has 7 atom stereocenters. The van der Waals surface area contributed by atoms with E-state index in [1.165, 1.54) is 67.0 Å². The Kier molecular flexibility index (Phi) is 11.0. The Balaban J connectivity index is 1.08. The monoisotopic (exact) mass is 998 g/mol. The van der Waals surface area contributed by atoms with E-state index in [1.807, 2.05) is 0 Å². The second-order valence-corrected chi connectivity index (χ2v) is 26.6. The normalized spacial score (nSPS) is 27.3. The third-order valence-electron chi connectivity index (χ3n) is 18.8. The maximum absolute atomic E-state index is 5.84. The Morgan fingerprint density at radius 2 is 1.29 bits per heavy atom. The predicted molar refractivity (Wildman–Crippen MR) is 316 cm³/mol. The van der Waals surface area contributed by atoms with Gasteiger partial charge in [-0.3, -0.25) is 4.57 Å². The number of aromatic nitrogens is 4. The molecule has 6 aromatic rings. The van der Waals surface area contributed by atoms with Crippen LogP contribution < -0.4 is 4.90 Å². The summed E-state index contributed by atoms with van der Waals surface area (Å²) in [5, 5.41) is 0. The first-order valence-electron chi connectivity index (χ1n) is 28.4. The number of hydrogen-bond acceptors (Lipinski definition) is 4. The lowest BCUT2D eigenvalue weighted by atomic mass is 9.57. The smallest absolute Gasteiger partial charge is 0.238 e. The van der Waals surface area contributed by atoms with E-state index in [9.17, 15) is 0 Å². The molecule has 7 aliphatic carbocycles. The van der Waals surface area contributed by atoms with Gasteiger partial charge >= 0.3 is 0 Å². The fraction of sp³-hybridized carbons (Fsp3) is 0.366. The van der Waals surface area contributed by atoms with Gasteiger partial charge in [-0.2, -0.15) is 9.97 Å². The van der Waals surface area contributed by atoms with Crippen molar-refractivity contribution in [3.05, 3.63) is 220 Å². The van der Waals surface area contributed by atoms with E-state index < -0.39 is 16.4 Å². The van der Waals surface area contributed by atoms with Gasteiger partial charge in [-0.25, -0.2) is 4.98 Å². The maximum atomic E-state index is 5.84. The number of hydrogen-bond donors (Lipinski definition) is 0. The van der Waals surface area contributed by atoms with Crippen molar-refractivity contribution in [1.82, 2.24) is 19.5 Å². The summed E-state index contributed by atoms with van der Waals surface area (Å²) in [4.78, 5) is 19.8. The first kappa shape index (κ1) is 48.8. The van der Waals surface area contributed by atoms with Crippen LogP contribution in [0.25, 0.3) is 40.0 Å². The molecule has 0 saturated heterocycles. The average Bonchev–Trinajstić information content (AvgIpc) is 3.40. The molecule has 5 nitrogen and oxygen atoms in total. The fourth-order valence-corrected chi connectivity index (χ4v) is 15.1. The molecule has 0 N–H and O–H groups in total. The zero-order valence-electron chi connectivity index (χ0n) is 46.7. The molecule has 13 rings (SSSR count). The molecular formula is C71H75N5. The molecule has 0 bridgehead atoms. The number of rotatable bonds is 6. The first-order chi connectivity index (χ1) is 36.3. The second kappa shape index (κ2) is 17.1. The van der Waals surface area contributed by atoms with Gasteiger partial charge in [-0.15, -0.1) is 0 Å². The standard InChI is InChI=1S/C71H75N5/c1-45-24-27-47(28-25-45)63-72-64(68(9)40-38-50-29-26-46(2)42-69(50,10)44-68)74-65(73-63)75-60-39-41-70(11,76(51-34-30-48(31-35-51)66(3,4)5)52-36-32-49(33-37-52)67(6,7)8)43-56(60)61-62(75)55-20-14-17-23-59(55)71(61)57-21-15-12-18-53(57)54-19-13-16-22-58(54)71/h12-24,26-36,38-41,45-46,50,52H,25,37,42-44H2,1-11H3. The Morgan fingerprint density at radius 1 is 0.618 bits per heavy atom. The zero-order chi connectivity index (χ0) is 52.7. The van der Waals surface area contributed by atoms with E-state index in [4.69, 9.17) is 15.0 Å². The molecule has 0 radical (unpaired) electrons. The van der Waals surface area contributed by atoms with Crippen molar-refractivity contribution >= 4 is 17.3 Å². The molecule has 7 unspecified atom stereocenters. The Morgan fingerprint density at radius 3 is 1.92 bits per heavy atom. The Hall–Kier alpha value is -6.85. The van der Waals surface area contributed by atoms with Gasteiger partial charge in [0, 0.05) is 40.1 Å². The van der Waals surface area contributed by atoms with Crippen LogP contribution in [0.15, 0.2) is 169 Å². The van der Waals surface area contributed by atoms with Crippen LogP contribution >= 0.6 is 0 Å². The Bertz CT molecular complexity index is 3550.